The maximum absolute atomic E-state index is 13.1. The first-order valence-electron chi connectivity index (χ1n) is 12.2. The molecule has 38 heavy (non-hydrogen) atoms. The lowest BCUT2D eigenvalue weighted by Gasteiger charge is -2.39. The third-order valence-corrected chi connectivity index (χ3v) is 8.32. The first-order valence-corrected chi connectivity index (χ1v) is 13.6. The molecule has 1 heterocycles. The van der Waals surface area contributed by atoms with Crippen molar-refractivity contribution in [3.8, 4) is 0 Å². The number of nitrogens with zero attached hydrogens (tertiary/aromatic N) is 4. The van der Waals surface area contributed by atoms with Gasteiger partial charge < -0.3 is 9.64 Å². The number of urea groups is 1. The van der Waals surface area contributed by atoms with Crippen molar-refractivity contribution in [2.24, 2.45) is 10.9 Å². The number of esters is 1. The van der Waals surface area contributed by atoms with Crippen LogP contribution in [0.15, 0.2) is 58.4 Å². The standard InChI is InChI=1S/C26H32N4O7S/c1-17(2)37-25(31)23-19(4)27-26(32)29(24(23)20-11-8-12-21(16-20)30(33)34)15-9-14-28(5)38(35,36)22-13-7-6-10-18(22)3/h6-8,10-13,16-17,23-24H,9,14-15H2,1-5H3. The maximum Gasteiger partial charge on any atom is 0.344 e. The van der Waals surface area contributed by atoms with E-state index in [0.717, 1.165) is 0 Å². The molecule has 3 rings (SSSR count). The van der Waals surface area contributed by atoms with Crippen LogP contribution < -0.4 is 0 Å². The second kappa shape index (κ2) is 11.8. The highest BCUT2D eigenvalue weighted by Gasteiger charge is 2.43. The van der Waals surface area contributed by atoms with Gasteiger partial charge in [-0.1, -0.05) is 30.3 Å². The molecule has 0 aliphatic carbocycles. The van der Waals surface area contributed by atoms with Gasteiger partial charge in [-0.15, -0.1) is 0 Å². The van der Waals surface area contributed by atoms with Crippen LogP contribution in [0.1, 0.15) is 44.4 Å². The molecule has 0 radical (unpaired) electrons. The van der Waals surface area contributed by atoms with Gasteiger partial charge in [-0.3, -0.25) is 14.9 Å². The first kappa shape index (κ1) is 28.9. The second-order valence-electron chi connectivity index (χ2n) is 9.44. The number of hydrogen-bond donors (Lipinski definition) is 0. The summed E-state index contributed by atoms with van der Waals surface area (Å²) >= 11 is 0. The van der Waals surface area contributed by atoms with Gasteiger partial charge in [0.1, 0.15) is 5.92 Å². The molecule has 2 aromatic rings. The molecule has 1 aliphatic heterocycles. The molecule has 2 amide bonds. The summed E-state index contributed by atoms with van der Waals surface area (Å²) in [5, 5.41) is 11.4. The van der Waals surface area contributed by atoms with Crippen LogP contribution in [0, 0.1) is 23.0 Å². The van der Waals surface area contributed by atoms with Crippen LogP contribution in [0.2, 0.25) is 0 Å². The van der Waals surface area contributed by atoms with Crippen LogP contribution in [-0.2, 0) is 19.6 Å². The van der Waals surface area contributed by atoms with E-state index in [9.17, 15) is 28.1 Å². The van der Waals surface area contributed by atoms with Gasteiger partial charge >= 0.3 is 12.0 Å². The summed E-state index contributed by atoms with van der Waals surface area (Å²) in [5.74, 6) is -1.58. The SMILES string of the molecule is CC1=NC(=O)N(CCCN(C)S(=O)(=O)c2ccccc2C)C(c2cccc([N+](=O)[O-])c2)C1C(=O)OC(C)C. The Morgan fingerprint density at radius 1 is 1.18 bits per heavy atom. The molecule has 11 nitrogen and oxygen atoms in total. The third-order valence-electron chi connectivity index (χ3n) is 6.30. The molecule has 0 N–H and O–H groups in total. The average molecular weight is 545 g/mol. The number of carbonyl (C=O) groups excluding carboxylic acids is 2. The van der Waals surface area contributed by atoms with Gasteiger partial charge in [0.25, 0.3) is 5.69 Å². The minimum absolute atomic E-state index is 0.0576. The number of carbonyl (C=O) groups is 2. The number of sulfonamides is 1. The first-order chi connectivity index (χ1) is 17.8. The number of amides is 2. The quantitative estimate of drug-likeness (QED) is 0.249. The van der Waals surface area contributed by atoms with E-state index in [4.69, 9.17) is 4.74 Å². The molecule has 12 heteroatoms. The molecule has 0 fully saturated rings. The Hall–Kier alpha value is -3.64. The minimum Gasteiger partial charge on any atom is -0.462 e. The van der Waals surface area contributed by atoms with Crippen molar-refractivity contribution in [3.63, 3.8) is 0 Å². The number of aryl methyl sites for hydroxylation is 1. The lowest BCUT2D eigenvalue weighted by atomic mass is 9.86. The van der Waals surface area contributed by atoms with Gasteiger partial charge in [-0.25, -0.2) is 22.5 Å². The molecule has 2 atom stereocenters. The smallest absolute Gasteiger partial charge is 0.344 e. The molecule has 0 aromatic heterocycles. The molecular weight excluding hydrogens is 512 g/mol. The summed E-state index contributed by atoms with van der Waals surface area (Å²) in [7, 11) is -2.30. The molecular formula is C26H32N4O7S. The van der Waals surface area contributed by atoms with Gasteiger partial charge in [0, 0.05) is 38.0 Å². The fraction of sp³-hybridized carbons (Fsp3) is 0.423. The van der Waals surface area contributed by atoms with Crippen LogP contribution in [0.4, 0.5) is 10.5 Å². The Balaban J connectivity index is 1.91. The number of ether oxygens (including phenoxy) is 1. The zero-order valence-electron chi connectivity index (χ0n) is 22.0. The van der Waals surface area contributed by atoms with Crippen molar-refractivity contribution in [3.05, 3.63) is 69.8 Å². The Bertz CT molecular complexity index is 1360. The van der Waals surface area contributed by atoms with Gasteiger partial charge in [-0.2, -0.15) is 0 Å². The van der Waals surface area contributed by atoms with E-state index < -0.39 is 45.0 Å². The largest absolute Gasteiger partial charge is 0.462 e. The van der Waals surface area contributed by atoms with Gasteiger partial charge in [0.2, 0.25) is 10.0 Å². The predicted molar refractivity (Wildman–Crippen MR) is 141 cm³/mol. The van der Waals surface area contributed by atoms with E-state index >= 15 is 0 Å². The fourth-order valence-corrected chi connectivity index (χ4v) is 5.87. The molecule has 2 unspecified atom stereocenters. The van der Waals surface area contributed by atoms with E-state index in [1.807, 2.05) is 0 Å². The van der Waals surface area contributed by atoms with Gasteiger partial charge in [0.15, 0.2) is 0 Å². The molecule has 0 saturated carbocycles. The van der Waals surface area contributed by atoms with Crippen LogP contribution in [0.5, 0.6) is 0 Å². The Kier molecular flexibility index (Phi) is 9.00. The number of benzene rings is 2. The summed E-state index contributed by atoms with van der Waals surface area (Å²) in [6, 6.07) is 10.9. The molecule has 0 bridgehead atoms. The number of rotatable bonds is 10. The van der Waals surface area contributed by atoms with Gasteiger partial charge in [0.05, 0.1) is 22.0 Å². The summed E-state index contributed by atoms with van der Waals surface area (Å²) in [5.41, 5.74) is 1.06. The van der Waals surface area contributed by atoms with Crippen LogP contribution >= 0.6 is 0 Å². The number of aliphatic imine (C=N–C) groups is 1. The topological polar surface area (TPSA) is 139 Å². The van der Waals surface area contributed by atoms with Crippen molar-refractivity contribution in [1.29, 1.82) is 0 Å². The second-order valence-corrected chi connectivity index (χ2v) is 11.4. The monoisotopic (exact) mass is 544 g/mol. The molecule has 204 valence electrons. The number of hydrogen-bond acceptors (Lipinski definition) is 7. The zero-order valence-corrected chi connectivity index (χ0v) is 22.8. The molecule has 1 aliphatic rings. The highest BCUT2D eigenvalue weighted by Crippen LogP contribution is 2.36. The predicted octanol–water partition coefficient (Wildman–Crippen LogP) is 4.12. The van der Waals surface area contributed by atoms with Gasteiger partial charge in [-0.05, 0) is 51.3 Å². The van der Waals surface area contributed by atoms with Crippen LogP contribution in [0.25, 0.3) is 0 Å². The molecule has 0 spiro atoms. The Labute approximate surface area is 222 Å². The molecule has 2 aromatic carbocycles. The van der Waals surface area contributed by atoms with E-state index in [1.165, 1.54) is 40.5 Å². The van der Waals surface area contributed by atoms with E-state index in [0.29, 0.717) is 11.1 Å². The summed E-state index contributed by atoms with van der Waals surface area (Å²) < 4.78 is 32.8. The maximum atomic E-state index is 13.1. The normalized spacial score (nSPS) is 18.0. The summed E-state index contributed by atoms with van der Waals surface area (Å²) in [4.78, 5) is 42.7. The Morgan fingerprint density at radius 2 is 1.87 bits per heavy atom. The van der Waals surface area contributed by atoms with Crippen molar-refractivity contribution in [2.75, 3.05) is 20.1 Å². The fourth-order valence-electron chi connectivity index (χ4n) is 4.44. The van der Waals surface area contributed by atoms with E-state index in [1.54, 1.807) is 52.0 Å². The van der Waals surface area contributed by atoms with Crippen molar-refractivity contribution >= 4 is 33.4 Å². The van der Waals surface area contributed by atoms with E-state index in [-0.39, 0.29) is 35.8 Å². The summed E-state index contributed by atoms with van der Waals surface area (Å²) in [6.07, 6.45) is -0.188. The molecule has 0 saturated heterocycles. The highest BCUT2D eigenvalue weighted by molar-refractivity contribution is 7.89. The lowest BCUT2D eigenvalue weighted by molar-refractivity contribution is -0.385. The average Bonchev–Trinajstić information content (AvgIpc) is 2.84. The van der Waals surface area contributed by atoms with Crippen molar-refractivity contribution < 1.29 is 27.7 Å². The minimum atomic E-state index is -3.76. The van der Waals surface area contributed by atoms with E-state index in [2.05, 4.69) is 4.99 Å². The third kappa shape index (κ3) is 6.25. The van der Waals surface area contributed by atoms with Crippen LogP contribution in [-0.4, -0.2) is 66.5 Å². The summed E-state index contributed by atoms with van der Waals surface area (Å²) in [6.45, 7) is 6.81. The van der Waals surface area contributed by atoms with Crippen molar-refractivity contribution in [2.45, 2.75) is 51.2 Å². The Morgan fingerprint density at radius 3 is 2.50 bits per heavy atom. The van der Waals surface area contributed by atoms with Crippen LogP contribution in [0.3, 0.4) is 0 Å². The van der Waals surface area contributed by atoms with Crippen molar-refractivity contribution in [1.82, 2.24) is 9.21 Å². The lowest BCUT2D eigenvalue weighted by Crippen LogP contribution is -2.48. The zero-order chi connectivity index (χ0) is 28.2. The highest BCUT2D eigenvalue weighted by atomic mass is 32.2. The number of nitro benzene ring substituents is 1. The number of non-ortho nitro benzene ring substituents is 1. The number of nitro groups is 1.